The Kier molecular flexibility index (Phi) is 3.05. The summed E-state index contributed by atoms with van der Waals surface area (Å²) in [5, 5.41) is 5.07. The van der Waals surface area contributed by atoms with Crippen molar-refractivity contribution >= 4 is 38.6 Å². The van der Waals surface area contributed by atoms with Crippen molar-refractivity contribution in [2.45, 2.75) is 0 Å². The molecule has 0 aliphatic carbocycles. The number of halogens is 1. The van der Waals surface area contributed by atoms with E-state index in [1.54, 1.807) is 22.7 Å². The molecule has 1 aromatic carbocycles. The summed E-state index contributed by atoms with van der Waals surface area (Å²) in [4.78, 5) is 8.88. The van der Waals surface area contributed by atoms with Crippen LogP contribution in [0.15, 0.2) is 45.0 Å². The molecule has 0 spiro atoms. The highest BCUT2D eigenvalue weighted by Gasteiger charge is 2.09. The van der Waals surface area contributed by atoms with Crippen LogP contribution in [0.1, 0.15) is 0 Å². The van der Waals surface area contributed by atoms with Crippen molar-refractivity contribution < 1.29 is 0 Å². The van der Waals surface area contributed by atoms with Gasteiger partial charge in [-0.3, -0.25) is 0 Å². The van der Waals surface area contributed by atoms with Gasteiger partial charge in [-0.1, -0.05) is 34.1 Å². The van der Waals surface area contributed by atoms with Crippen molar-refractivity contribution in [2.24, 2.45) is 0 Å². The normalized spacial score (nSPS) is 10.6. The number of hydrogen-bond acceptors (Lipinski definition) is 4. The van der Waals surface area contributed by atoms with Crippen LogP contribution in [0.2, 0.25) is 0 Å². The van der Waals surface area contributed by atoms with E-state index in [1.165, 1.54) is 0 Å². The molecule has 0 aliphatic rings. The Hall–Kier alpha value is -1.04. The monoisotopic (exact) mass is 322 g/mol. The molecule has 0 bridgehead atoms. The molecule has 3 aromatic rings. The zero-order valence-electron chi connectivity index (χ0n) is 8.63. The van der Waals surface area contributed by atoms with Gasteiger partial charge < -0.3 is 0 Å². The lowest BCUT2D eigenvalue weighted by atomic mass is 10.2. The second-order valence-corrected chi connectivity index (χ2v) is 5.82. The zero-order chi connectivity index (χ0) is 11.7. The van der Waals surface area contributed by atoms with E-state index in [1.807, 2.05) is 34.5 Å². The number of aromatic nitrogens is 2. The fraction of sp³-hybridized carbons (Fsp3) is 0. The topological polar surface area (TPSA) is 25.8 Å². The predicted octanol–water partition coefficient (Wildman–Crippen LogP) is 4.70. The average molecular weight is 323 g/mol. The highest BCUT2D eigenvalue weighted by atomic mass is 79.9. The maximum atomic E-state index is 4.62. The van der Waals surface area contributed by atoms with Gasteiger partial charge in [0, 0.05) is 20.8 Å². The highest BCUT2D eigenvalue weighted by Crippen LogP contribution is 2.32. The van der Waals surface area contributed by atoms with Crippen LogP contribution in [0.4, 0.5) is 0 Å². The largest absolute Gasteiger partial charge is 0.243 e. The standard InChI is InChI=1S/C12H7BrN2S2/c13-9-4-2-1-3-8(9)12-15-11(6-17-12)10-5-16-7-14-10/h1-7H. The molecule has 0 unspecified atom stereocenters. The van der Waals surface area contributed by atoms with E-state index < -0.39 is 0 Å². The van der Waals surface area contributed by atoms with Gasteiger partial charge in [-0.25, -0.2) is 9.97 Å². The SMILES string of the molecule is Brc1ccccc1-c1nc(-c2cscn2)cs1. The minimum absolute atomic E-state index is 0.946. The number of hydrogen-bond donors (Lipinski definition) is 0. The third-order valence-electron chi connectivity index (χ3n) is 2.30. The van der Waals surface area contributed by atoms with Gasteiger partial charge in [-0.15, -0.1) is 22.7 Å². The van der Waals surface area contributed by atoms with Gasteiger partial charge in [-0.05, 0) is 6.07 Å². The van der Waals surface area contributed by atoms with E-state index in [0.717, 1.165) is 26.4 Å². The highest BCUT2D eigenvalue weighted by molar-refractivity contribution is 9.10. The molecule has 3 rings (SSSR count). The van der Waals surface area contributed by atoms with Gasteiger partial charge in [-0.2, -0.15) is 0 Å². The Morgan fingerprint density at radius 2 is 1.94 bits per heavy atom. The Morgan fingerprint density at radius 1 is 1.06 bits per heavy atom. The lowest BCUT2D eigenvalue weighted by Crippen LogP contribution is -1.80. The molecule has 2 nitrogen and oxygen atoms in total. The van der Waals surface area contributed by atoms with Crippen molar-refractivity contribution in [2.75, 3.05) is 0 Å². The van der Waals surface area contributed by atoms with E-state index >= 15 is 0 Å². The molecule has 17 heavy (non-hydrogen) atoms. The van der Waals surface area contributed by atoms with Crippen LogP contribution in [-0.4, -0.2) is 9.97 Å². The minimum Gasteiger partial charge on any atom is -0.243 e. The molecular formula is C12H7BrN2S2. The number of thiazole rings is 2. The summed E-state index contributed by atoms with van der Waals surface area (Å²) in [6, 6.07) is 8.11. The Balaban J connectivity index is 2.04. The van der Waals surface area contributed by atoms with Gasteiger partial charge in [0.05, 0.1) is 5.51 Å². The van der Waals surface area contributed by atoms with E-state index in [-0.39, 0.29) is 0 Å². The first kappa shape index (κ1) is 11.1. The van der Waals surface area contributed by atoms with Crippen molar-refractivity contribution in [1.29, 1.82) is 0 Å². The molecule has 2 aromatic heterocycles. The summed E-state index contributed by atoms with van der Waals surface area (Å²) in [6.07, 6.45) is 0. The Morgan fingerprint density at radius 3 is 2.71 bits per heavy atom. The van der Waals surface area contributed by atoms with Crippen molar-refractivity contribution in [3.63, 3.8) is 0 Å². The van der Waals surface area contributed by atoms with Crippen LogP contribution in [-0.2, 0) is 0 Å². The summed E-state index contributed by atoms with van der Waals surface area (Å²) in [6.45, 7) is 0. The summed E-state index contributed by atoms with van der Waals surface area (Å²) >= 11 is 6.77. The first-order valence-electron chi connectivity index (χ1n) is 4.93. The third kappa shape index (κ3) is 2.18. The molecular weight excluding hydrogens is 316 g/mol. The van der Waals surface area contributed by atoms with E-state index in [4.69, 9.17) is 0 Å². The summed E-state index contributed by atoms with van der Waals surface area (Å²) in [5.74, 6) is 0. The van der Waals surface area contributed by atoms with Crippen LogP contribution in [0, 0.1) is 0 Å². The molecule has 84 valence electrons. The maximum Gasteiger partial charge on any atom is 0.125 e. The van der Waals surface area contributed by atoms with Gasteiger partial charge in [0.25, 0.3) is 0 Å². The van der Waals surface area contributed by atoms with Gasteiger partial charge >= 0.3 is 0 Å². The van der Waals surface area contributed by atoms with E-state index in [0.29, 0.717) is 0 Å². The smallest absolute Gasteiger partial charge is 0.125 e. The zero-order valence-corrected chi connectivity index (χ0v) is 11.8. The fourth-order valence-corrected chi connectivity index (χ4v) is 3.49. The summed E-state index contributed by atoms with van der Waals surface area (Å²) in [7, 11) is 0. The van der Waals surface area contributed by atoms with Gasteiger partial charge in [0.15, 0.2) is 0 Å². The molecule has 0 N–H and O–H groups in total. The molecule has 0 atom stereocenters. The second kappa shape index (κ2) is 4.68. The average Bonchev–Trinajstić information content (AvgIpc) is 3.00. The predicted molar refractivity (Wildman–Crippen MR) is 76.4 cm³/mol. The lowest BCUT2D eigenvalue weighted by Gasteiger charge is -1.98. The van der Waals surface area contributed by atoms with Crippen LogP contribution in [0.3, 0.4) is 0 Å². The first-order valence-corrected chi connectivity index (χ1v) is 7.55. The number of nitrogens with zero attached hydrogens (tertiary/aromatic N) is 2. The van der Waals surface area contributed by atoms with E-state index in [2.05, 4.69) is 32.0 Å². The van der Waals surface area contributed by atoms with Gasteiger partial charge in [0.2, 0.25) is 0 Å². The van der Waals surface area contributed by atoms with Crippen LogP contribution in [0.5, 0.6) is 0 Å². The Bertz CT molecular complexity index is 632. The lowest BCUT2D eigenvalue weighted by molar-refractivity contribution is 1.33. The van der Waals surface area contributed by atoms with Crippen LogP contribution < -0.4 is 0 Å². The quantitative estimate of drug-likeness (QED) is 0.683. The number of benzene rings is 1. The van der Waals surface area contributed by atoms with Crippen molar-refractivity contribution in [1.82, 2.24) is 9.97 Å². The molecule has 0 aliphatic heterocycles. The second-order valence-electron chi connectivity index (χ2n) is 3.39. The molecule has 5 heteroatoms. The third-order valence-corrected chi connectivity index (χ3v) is 4.46. The number of rotatable bonds is 2. The van der Waals surface area contributed by atoms with Gasteiger partial charge in [0.1, 0.15) is 16.4 Å². The molecule has 0 fully saturated rings. The van der Waals surface area contributed by atoms with Crippen LogP contribution >= 0.6 is 38.6 Å². The summed E-state index contributed by atoms with van der Waals surface area (Å²) in [5.41, 5.74) is 4.85. The molecule has 0 saturated heterocycles. The maximum absolute atomic E-state index is 4.62. The molecule has 0 amide bonds. The van der Waals surface area contributed by atoms with Crippen molar-refractivity contribution in [3.8, 4) is 22.0 Å². The van der Waals surface area contributed by atoms with Crippen molar-refractivity contribution in [3.05, 3.63) is 45.0 Å². The van der Waals surface area contributed by atoms with Crippen LogP contribution in [0.25, 0.3) is 22.0 Å². The van der Waals surface area contributed by atoms with E-state index in [9.17, 15) is 0 Å². The fourth-order valence-electron chi connectivity index (χ4n) is 1.49. The minimum atomic E-state index is 0.946. The molecule has 0 radical (unpaired) electrons. The Labute approximate surface area is 115 Å². The molecule has 2 heterocycles. The molecule has 0 saturated carbocycles. The summed E-state index contributed by atoms with van der Waals surface area (Å²) < 4.78 is 1.07. The first-order chi connectivity index (χ1) is 8.34.